The highest BCUT2D eigenvalue weighted by molar-refractivity contribution is 9.10. The van der Waals surface area contributed by atoms with E-state index < -0.39 is 0 Å². The van der Waals surface area contributed by atoms with Crippen molar-refractivity contribution in [2.75, 3.05) is 0 Å². The van der Waals surface area contributed by atoms with Crippen molar-refractivity contribution < 1.29 is 9.53 Å². The lowest BCUT2D eigenvalue weighted by Gasteiger charge is -2.06. The molecule has 0 bridgehead atoms. The molecule has 0 amide bonds. The third kappa shape index (κ3) is 3.94. The fourth-order valence-electron chi connectivity index (χ4n) is 1.73. The molecule has 2 aromatic carbocycles. The first-order valence-corrected chi connectivity index (χ1v) is 6.86. The molecule has 0 saturated carbocycles. The zero-order chi connectivity index (χ0) is 14.4. The Labute approximate surface area is 125 Å². The zero-order valence-electron chi connectivity index (χ0n) is 10.7. The zero-order valence-corrected chi connectivity index (χ0v) is 12.3. The van der Waals surface area contributed by atoms with Crippen LogP contribution in [-0.4, -0.2) is 5.97 Å². The van der Waals surface area contributed by atoms with E-state index in [2.05, 4.69) is 22.0 Å². The van der Waals surface area contributed by atoms with Crippen LogP contribution in [0.4, 0.5) is 0 Å². The van der Waals surface area contributed by atoms with Crippen molar-refractivity contribution in [3.8, 4) is 6.07 Å². The van der Waals surface area contributed by atoms with Crippen molar-refractivity contribution in [3.05, 3.63) is 69.7 Å². The Hall–Kier alpha value is -2.12. The first-order valence-electron chi connectivity index (χ1n) is 6.07. The van der Waals surface area contributed by atoms with Crippen LogP contribution in [0.1, 0.15) is 16.7 Å². The van der Waals surface area contributed by atoms with Gasteiger partial charge in [0.2, 0.25) is 0 Å². The maximum absolute atomic E-state index is 11.8. The largest absolute Gasteiger partial charge is 0.461 e. The number of carbonyl (C=O) groups excluding carboxylic acids is 1. The molecule has 20 heavy (non-hydrogen) atoms. The first-order chi connectivity index (χ1) is 9.69. The molecule has 0 saturated heterocycles. The molecule has 4 heteroatoms. The number of hydrogen-bond acceptors (Lipinski definition) is 3. The molecule has 0 heterocycles. The summed E-state index contributed by atoms with van der Waals surface area (Å²) in [5.74, 6) is -0.305. The summed E-state index contributed by atoms with van der Waals surface area (Å²) in [7, 11) is 0. The summed E-state index contributed by atoms with van der Waals surface area (Å²) >= 11 is 3.34. The number of benzene rings is 2. The fraction of sp³-hybridized carbons (Fsp3) is 0.125. The molecular weight excluding hydrogens is 318 g/mol. The third-order valence-electron chi connectivity index (χ3n) is 2.79. The Bertz CT molecular complexity index is 644. The van der Waals surface area contributed by atoms with Crippen molar-refractivity contribution in [2.45, 2.75) is 13.0 Å². The van der Waals surface area contributed by atoms with Crippen molar-refractivity contribution in [3.63, 3.8) is 0 Å². The number of nitriles is 1. The maximum Gasteiger partial charge on any atom is 0.310 e. The lowest BCUT2D eigenvalue weighted by atomic mass is 10.1. The third-order valence-corrected chi connectivity index (χ3v) is 3.32. The predicted molar refractivity (Wildman–Crippen MR) is 78.8 cm³/mol. The minimum atomic E-state index is -0.305. The molecule has 0 aliphatic heterocycles. The summed E-state index contributed by atoms with van der Waals surface area (Å²) in [6, 6.07) is 16.7. The molecule has 2 aromatic rings. The van der Waals surface area contributed by atoms with E-state index in [1.807, 2.05) is 30.3 Å². The first kappa shape index (κ1) is 14.3. The van der Waals surface area contributed by atoms with Gasteiger partial charge in [0.05, 0.1) is 18.1 Å². The van der Waals surface area contributed by atoms with Crippen molar-refractivity contribution in [2.24, 2.45) is 0 Å². The van der Waals surface area contributed by atoms with Gasteiger partial charge >= 0.3 is 5.97 Å². The SMILES string of the molecule is N#Cc1ccccc1COC(=O)Cc1ccc(Br)cc1. The van der Waals surface area contributed by atoms with Gasteiger partial charge in [0, 0.05) is 10.0 Å². The normalized spacial score (nSPS) is 9.80. The number of nitrogens with zero attached hydrogens (tertiary/aromatic N) is 1. The number of hydrogen-bond donors (Lipinski definition) is 0. The van der Waals surface area contributed by atoms with E-state index in [0.717, 1.165) is 15.6 Å². The molecule has 0 aliphatic carbocycles. The minimum absolute atomic E-state index is 0.124. The van der Waals surface area contributed by atoms with Crippen LogP contribution in [0.2, 0.25) is 0 Å². The monoisotopic (exact) mass is 329 g/mol. The van der Waals surface area contributed by atoms with Crippen LogP contribution in [0.25, 0.3) is 0 Å². The van der Waals surface area contributed by atoms with Crippen LogP contribution in [0, 0.1) is 11.3 Å². The summed E-state index contributed by atoms with van der Waals surface area (Å²) in [6.07, 6.45) is 0.224. The highest BCUT2D eigenvalue weighted by atomic mass is 79.9. The van der Waals surface area contributed by atoms with Gasteiger partial charge in [-0.3, -0.25) is 4.79 Å². The summed E-state index contributed by atoms with van der Waals surface area (Å²) in [6.45, 7) is 0.124. The number of carbonyl (C=O) groups is 1. The number of halogens is 1. The summed E-state index contributed by atoms with van der Waals surface area (Å²) in [4.78, 5) is 11.8. The van der Waals surface area contributed by atoms with Gasteiger partial charge in [-0.15, -0.1) is 0 Å². The lowest BCUT2D eigenvalue weighted by Crippen LogP contribution is -2.08. The highest BCUT2D eigenvalue weighted by Crippen LogP contribution is 2.12. The lowest BCUT2D eigenvalue weighted by molar-refractivity contribution is -0.144. The molecule has 0 spiro atoms. The molecule has 0 fully saturated rings. The average Bonchev–Trinajstić information content (AvgIpc) is 2.48. The summed E-state index contributed by atoms with van der Waals surface area (Å²) in [5, 5.41) is 8.95. The van der Waals surface area contributed by atoms with Gasteiger partial charge in [0.15, 0.2) is 0 Å². The summed E-state index contributed by atoms with van der Waals surface area (Å²) in [5.41, 5.74) is 2.15. The maximum atomic E-state index is 11.8. The molecule has 3 nitrogen and oxygen atoms in total. The molecule has 0 aliphatic rings. The van der Waals surface area contributed by atoms with E-state index in [-0.39, 0.29) is 19.0 Å². The van der Waals surface area contributed by atoms with Gasteiger partial charge in [-0.2, -0.15) is 5.26 Å². The molecule has 0 unspecified atom stereocenters. The van der Waals surface area contributed by atoms with Gasteiger partial charge < -0.3 is 4.74 Å². The van der Waals surface area contributed by atoms with E-state index in [4.69, 9.17) is 10.00 Å². The van der Waals surface area contributed by atoms with Crippen molar-refractivity contribution in [1.29, 1.82) is 5.26 Å². The van der Waals surface area contributed by atoms with E-state index in [9.17, 15) is 4.79 Å². The molecule has 0 N–H and O–H groups in total. The Balaban J connectivity index is 1.92. The Morgan fingerprint density at radius 1 is 1.15 bits per heavy atom. The molecule has 0 atom stereocenters. The number of rotatable bonds is 4. The van der Waals surface area contributed by atoms with Crippen LogP contribution in [-0.2, 0) is 22.6 Å². The number of esters is 1. The standard InChI is InChI=1S/C16H12BrNO2/c17-15-7-5-12(6-8-15)9-16(19)20-11-14-4-2-1-3-13(14)10-18/h1-8H,9,11H2. The van der Waals surface area contributed by atoms with Gasteiger partial charge in [-0.05, 0) is 23.8 Å². The predicted octanol–water partition coefficient (Wildman–Crippen LogP) is 3.61. The minimum Gasteiger partial charge on any atom is -0.461 e. The van der Waals surface area contributed by atoms with E-state index in [0.29, 0.717) is 5.56 Å². The Morgan fingerprint density at radius 2 is 1.85 bits per heavy atom. The van der Waals surface area contributed by atoms with Crippen LogP contribution < -0.4 is 0 Å². The molecule has 0 radical (unpaired) electrons. The van der Waals surface area contributed by atoms with Gasteiger partial charge in [-0.1, -0.05) is 46.3 Å². The molecule has 100 valence electrons. The number of ether oxygens (including phenoxy) is 1. The topological polar surface area (TPSA) is 50.1 Å². The second-order valence-electron chi connectivity index (χ2n) is 4.23. The average molecular weight is 330 g/mol. The molecule has 2 rings (SSSR count). The van der Waals surface area contributed by atoms with Gasteiger partial charge in [0.25, 0.3) is 0 Å². The van der Waals surface area contributed by atoms with Gasteiger partial charge in [0.1, 0.15) is 6.61 Å². The van der Waals surface area contributed by atoms with Crippen LogP contribution >= 0.6 is 15.9 Å². The fourth-order valence-corrected chi connectivity index (χ4v) is 2.00. The van der Waals surface area contributed by atoms with E-state index >= 15 is 0 Å². The second-order valence-corrected chi connectivity index (χ2v) is 5.15. The van der Waals surface area contributed by atoms with E-state index in [1.54, 1.807) is 18.2 Å². The smallest absolute Gasteiger partial charge is 0.310 e. The van der Waals surface area contributed by atoms with Crippen molar-refractivity contribution in [1.82, 2.24) is 0 Å². The molecule has 0 aromatic heterocycles. The van der Waals surface area contributed by atoms with Gasteiger partial charge in [-0.25, -0.2) is 0 Å². The van der Waals surface area contributed by atoms with Crippen LogP contribution in [0.3, 0.4) is 0 Å². The van der Waals surface area contributed by atoms with Crippen molar-refractivity contribution >= 4 is 21.9 Å². The van der Waals surface area contributed by atoms with Crippen LogP contribution in [0.15, 0.2) is 53.0 Å². The molecular formula is C16H12BrNO2. The van der Waals surface area contributed by atoms with E-state index in [1.165, 1.54) is 0 Å². The Kier molecular flexibility index (Phi) is 4.91. The highest BCUT2D eigenvalue weighted by Gasteiger charge is 2.07. The quantitative estimate of drug-likeness (QED) is 0.805. The van der Waals surface area contributed by atoms with Crippen LogP contribution in [0.5, 0.6) is 0 Å². The summed E-state index contributed by atoms with van der Waals surface area (Å²) < 4.78 is 6.17. The second kappa shape index (κ2) is 6.88. The Morgan fingerprint density at radius 3 is 2.55 bits per heavy atom.